The fourth-order valence-corrected chi connectivity index (χ4v) is 3.18. The number of aldehydes is 1. The highest BCUT2D eigenvalue weighted by Gasteiger charge is 2.44. The Morgan fingerprint density at radius 3 is 2.91 bits per heavy atom. The lowest BCUT2D eigenvalue weighted by molar-refractivity contribution is 0.112. The number of ether oxygens (including phenoxy) is 1. The number of carbonyl (C=O) groups is 1. The van der Waals surface area contributed by atoms with Gasteiger partial charge in [0.1, 0.15) is 18.5 Å². The largest absolute Gasteiger partial charge is 0.475 e. The molecule has 8 heteroatoms. The van der Waals surface area contributed by atoms with Crippen molar-refractivity contribution >= 4 is 29.3 Å². The molecule has 0 amide bonds. The van der Waals surface area contributed by atoms with Crippen LogP contribution < -0.4 is 15.0 Å². The molecule has 0 saturated heterocycles. The first-order valence-electron chi connectivity index (χ1n) is 6.88. The van der Waals surface area contributed by atoms with Crippen molar-refractivity contribution in [2.24, 2.45) is 7.05 Å². The summed E-state index contributed by atoms with van der Waals surface area (Å²) >= 11 is 1.65. The minimum absolute atomic E-state index is 0.0732. The maximum atomic E-state index is 12.1. The second-order valence-corrected chi connectivity index (χ2v) is 6.75. The quantitative estimate of drug-likeness (QED) is 0.625. The van der Waals surface area contributed by atoms with E-state index in [0.29, 0.717) is 29.8 Å². The molecule has 0 bridgehead atoms. The Morgan fingerprint density at radius 2 is 2.27 bits per heavy atom. The van der Waals surface area contributed by atoms with Crippen LogP contribution in [0.3, 0.4) is 0 Å². The molecule has 3 rings (SSSR count). The predicted octanol–water partition coefficient (Wildman–Crippen LogP) is 0.920. The Morgan fingerprint density at radius 1 is 1.50 bits per heavy atom. The van der Waals surface area contributed by atoms with Gasteiger partial charge in [0.25, 0.3) is 5.56 Å². The van der Waals surface area contributed by atoms with Crippen LogP contribution in [-0.2, 0) is 7.05 Å². The highest BCUT2D eigenvalue weighted by Crippen LogP contribution is 2.47. The third kappa shape index (κ3) is 2.59. The van der Waals surface area contributed by atoms with E-state index in [2.05, 4.69) is 14.7 Å². The number of rotatable bonds is 6. The fraction of sp³-hybridized carbons (Fsp3) is 0.429. The van der Waals surface area contributed by atoms with Gasteiger partial charge in [-0.05, 0) is 26.0 Å². The molecule has 0 unspecified atom stereocenters. The number of aryl methyl sites for hydroxylation is 1. The molecule has 0 aromatic carbocycles. The summed E-state index contributed by atoms with van der Waals surface area (Å²) in [5, 5.41) is 0. The van der Waals surface area contributed by atoms with Crippen molar-refractivity contribution in [3.8, 4) is 5.88 Å². The van der Waals surface area contributed by atoms with Gasteiger partial charge in [0.05, 0.1) is 15.8 Å². The van der Waals surface area contributed by atoms with Crippen LogP contribution in [0.15, 0.2) is 17.2 Å². The zero-order chi connectivity index (χ0) is 15.7. The third-order valence-corrected chi connectivity index (χ3v) is 4.88. The fourth-order valence-electron chi connectivity index (χ4n) is 2.32. The minimum Gasteiger partial charge on any atom is -0.475 e. The van der Waals surface area contributed by atoms with Gasteiger partial charge in [-0.15, -0.1) is 0 Å². The first kappa shape index (κ1) is 15.0. The highest BCUT2D eigenvalue weighted by molar-refractivity contribution is 7.99. The number of nitrogens with one attached hydrogen (secondary N) is 1. The molecule has 1 N–H and O–H groups in total. The number of aromatic nitrogens is 3. The van der Waals surface area contributed by atoms with Gasteiger partial charge in [0.15, 0.2) is 6.29 Å². The van der Waals surface area contributed by atoms with Crippen molar-refractivity contribution in [3.63, 3.8) is 0 Å². The first-order chi connectivity index (χ1) is 10.6. The molecular formula is C14H16N4O3S. The number of pyridine rings is 1. The van der Waals surface area contributed by atoms with Crippen LogP contribution in [0.5, 0.6) is 5.88 Å². The van der Waals surface area contributed by atoms with Crippen LogP contribution in [0.25, 0.3) is 11.0 Å². The molecule has 116 valence electrons. The van der Waals surface area contributed by atoms with Gasteiger partial charge >= 0.3 is 0 Å². The van der Waals surface area contributed by atoms with Gasteiger partial charge < -0.3 is 9.30 Å². The molecule has 7 nitrogen and oxygen atoms in total. The average Bonchev–Trinajstić information content (AvgIpc) is 3.29. The molecule has 2 heterocycles. The van der Waals surface area contributed by atoms with E-state index in [0.717, 1.165) is 12.8 Å². The van der Waals surface area contributed by atoms with E-state index in [9.17, 15) is 9.59 Å². The van der Waals surface area contributed by atoms with Crippen molar-refractivity contribution in [2.45, 2.75) is 17.6 Å². The van der Waals surface area contributed by atoms with Gasteiger partial charge in [0, 0.05) is 7.05 Å². The van der Waals surface area contributed by atoms with Crippen molar-refractivity contribution in [1.82, 2.24) is 19.3 Å². The highest BCUT2D eigenvalue weighted by atomic mass is 32.2. The van der Waals surface area contributed by atoms with Gasteiger partial charge in [-0.1, -0.05) is 11.9 Å². The predicted molar refractivity (Wildman–Crippen MR) is 84.3 cm³/mol. The molecule has 22 heavy (non-hydrogen) atoms. The number of hydrogen-bond acceptors (Lipinski definition) is 7. The molecule has 1 aliphatic carbocycles. The lowest BCUT2D eigenvalue weighted by Gasteiger charge is -2.16. The molecule has 2 aromatic rings. The van der Waals surface area contributed by atoms with Crippen LogP contribution in [0.4, 0.5) is 0 Å². The Kier molecular flexibility index (Phi) is 3.88. The number of carbonyl (C=O) groups excluding carboxylic acids is 1. The molecule has 1 fully saturated rings. The summed E-state index contributed by atoms with van der Waals surface area (Å²) in [6, 6.07) is 1.47. The maximum Gasteiger partial charge on any atom is 0.261 e. The lowest BCUT2D eigenvalue weighted by Crippen LogP contribution is -2.23. The molecule has 0 radical (unpaired) electrons. The summed E-state index contributed by atoms with van der Waals surface area (Å²) in [5.74, 6) is 0.366. The van der Waals surface area contributed by atoms with Gasteiger partial charge in [-0.25, -0.2) is 4.98 Å². The van der Waals surface area contributed by atoms with Crippen LogP contribution in [0.2, 0.25) is 0 Å². The van der Waals surface area contributed by atoms with Crippen LogP contribution in [-0.4, -0.2) is 39.2 Å². The van der Waals surface area contributed by atoms with Crippen LogP contribution in [0.1, 0.15) is 23.2 Å². The Balaban J connectivity index is 1.98. The smallest absolute Gasteiger partial charge is 0.261 e. The minimum atomic E-state index is -0.382. The molecule has 0 aliphatic heterocycles. The van der Waals surface area contributed by atoms with E-state index in [1.807, 2.05) is 7.05 Å². The van der Waals surface area contributed by atoms with E-state index in [-0.39, 0.29) is 15.9 Å². The number of hydrogen-bond donors (Lipinski definition) is 1. The Labute approximate surface area is 131 Å². The summed E-state index contributed by atoms with van der Waals surface area (Å²) in [6.45, 7) is 0.508. The van der Waals surface area contributed by atoms with Gasteiger partial charge in [-0.2, -0.15) is 4.98 Å². The zero-order valence-corrected chi connectivity index (χ0v) is 13.1. The number of fused-ring (bicyclic) bond motifs is 1. The number of nitrogens with zero attached hydrogens (tertiary/aromatic N) is 3. The monoisotopic (exact) mass is 320 g/mol. The van der Waals surface area contributed by atoms with Crippen LogP contribution in [0, 0.1) is 0 Å². The lowest BCUT2D eigenvalue weighted by atomic mass is 10.2. The van der Waals surface area contributed by atoms with Crippen molar-refractivity contribution in [1.29, 1.82) is 0 Å². The Bertz CT molecular complexity index is 785. The second-order valence-electron chi connectivity index (χ2n) is 5.27. The topological polar surface area (TPSA) is 86.1 Å². The van der Waals surface area contributed by atoms with Gasteiger partial charge in [0.2, 0.25) is 5.88 Å². The summed E-state index contributed by atoms with van der Waals surface area (Å²) < 4.78 is 10.4. The second kappa shape index (κ2) is 5.69. The molecule has 0 atom stereocenters. The standard InChI is InChI=1S/C14H16N4O3S/c1-15-22-14(3-4-14)7-21-12-11-10(16-8-17-12)5-9(6-19)13(20)18(11)2/h5-6,8,15H,3-4,7H2,1-2H3. The molecule has 2 aromatic heterocycles. The van der Waals surface area contributed by atoms with E-state index in [1.54, 1.807) is 19.0 Å². The molecular weight excluding hydrogens is 304 g/mol. The average molecular weight is 320 g/mol. The Hall–Kier alpha value is -1.93. The summed E-state index contributed by atoms with van der Waals surface area (Å²) in [6.07, 6.45) is 4.07. The SMILES string of the molecule is CNSC1(COc2ncnc3cc(C=O)c(=O)n(C)c23)CC1. The zero-order valence-electron chi connectivity index (χ0n) is 12.3. The summed E-state index contributed by atoms with van der Waals surface area (Å²) in [7, 11) is 3.47. The van der Waals surface area contributed by atoms with Crippen molar-refractivity contribution in [2.75, 3.05) is 13.7 Å². The van der Waals surface area contributed by atoms with E-state index in [1.165, 1.54) is 17.0 Å². The van der Waals surface area contributed by atoms with Crippen molar-refractivity contribution in [3.05, 3.63) is 28.3 Å². The molecule has 1 saturated carbocycles. The first-order valence-corrected chi connectivity index (χ1v) is 7.69. The van der Waals surface area contributed by atoms with E-state index >= 15 is 0 Å². The molecule has 1 aliphatic rings. The summed E-state index contributed by atoms with van der Waals surface area (Å²) in [5.41, 5.74) is 0.709. The maximum absolute atomic E-state index is 12.1. The normalized spacial score (nSPS) is 15.7. The van der Waals surface area contributed by atoms with E-state index in [4.69, 9.17) is 4.74 Å². The molecule has 0 spiro atoms. The summed E-state index contributed by atoms with van der Waals surface area (Å²) in [4.78, 5) is 31.3. The third-order valence-electron chi connectivity index (χ3n) is 3.72. The van der Waals surface area contributed by atoms with E-state index < -0.39 is 0 Å². The van der Waals surface area contributed by atoms with Crippen molar-refractivity contribution < 1.29 is 9.53 Å². The van der Waals surface area contributed by atoms with Crippen LogP contribution >= 0.6 is 11.9 Å². The van der Waals surface area contributed by atoms with Gasteiger partial charge in [-0.3, -0.25) is 14.3 Å².